The molecule has 0 aromatic rings. The predicted molar refractivity (Wildman–Crippen MR) is 84.9 cm³/mol. The Bertz CT molecular complexity index is 138. The molecule has 116 valence electrons. The van der Waals surface area contributed by atoms with Gasteiger partial charge in [-0.15, -0.1) is 0 Å². The van der Waals surface area contributed by atoms with E-state index in [1.807, 2.05) is 0 Å². The van der Waals surface area contributed by atoms with E-state index in [4.69, 9.17) is 9.47 Å². The molecule has 0 aromatic heterocycles. The normalized spacial score (nSPS) is 11.1. The van der Waals surface area contributed by atoms with Gasteiger partial charge < -0.3 is 0 Å². The summed E-state index contributed by atoms with van der Waals surface area (Å²) < 4.78 is 11.2. The second-order valence-electron chi connectivity index (χ2n) is 5.08. The summed E-state index contributed by atoms with van der Waals surface area (Å²) in [5.41, 5.74) is 1.85. The quantitative estimate of drug-likeness (QED) is 0.303. The summed E-state index contributed by atoms with van der Waals surface area (Å²) in [5.74, 6) is 0. The number of hydrogen-bond donors (Lipinski definition) is 0. The molecule has 0 aromatic carbocycles. The fourth-order valence-electron chi connectivity index (χ4n) is 1.89. The molecule has 0 heterocycles. The van der Waals surface area contributed by atoms with Crippen LogP contribution in [0, 0.1) is 0 Å². The summed E-state index contributed by atoms with van der Waals surface area (Å²) in [7, 11) is 0. The van der Waals surface area contributed by atoms with Crippen molar-refractivity contribution in [1.29, 1.82) is 0 Å². The molecule has 0 aliphatic heterocycles. The van der Waals surface area contributed by atoms with Crippen LogP contribution in [0.1, 0.15) is 78.1 Å². The second-order valence-corrected chi connectivity index (χ2v) is 6.93. The maximum atomic E-state index is 5.62. The topological polar surface area (TPSA) is 18.5 Å². The summed E-state index contributed by atoms with van der Waals surface area (Å²) in [6.45, 7) is 6.40. The van der Waals surface area contributed by atoms with Crippen LogP contribution in [0.5, 0.6) is 0 Å². The zero-order chi connectivity index (χ0) is 14.0. The Hall–Kier alpha value is 0.439. The van der Waals surface area contributed by atoms with Crippen molar-refractivity contribution in [3.63, 3.8) is 0 Å². The molecule has 0 unspecified atom stereocenters. The molecule has 3 heteroatoms. The number of rotatable bonds is 16. The number of unbranched alkanes of at least 4 members (excludes halogenated alkanes) is 8. The fraction of sp³-hybridized carbons (Fsp3) is 1.00. The summed E-state index contributed by atoms with van der Waals surface area (Å²) >= 11 is 0.521. The van der Waals surface area contributed by atoms with E-state index >= 15 is 0 Å². The van der Waals surface area contributed by atoms with Gasteiger partial charge in [0.25, 0.3) is 0 Å². The molecule has 0 rings (SSSR count). The van der Waals surface area contributed by atoms with E-state index in [9.17, 15) is 0 Å². The maximum absolute atomic E-state index is 5.62. The van der Waals surface area contributed by atoms with E-state index in [0.717, 1.165) is 24.2 Å². The fourth-order valence-corrected chi connectivity index (χ4v) is 3.02. The molecule has 0 N–H and O–H groups in total. The molecule has 0 aliphatic carbocycles. The third-order valence-corrected chi connectivity index (χ3v) is 4.52. The van der Waals surface area contributed by atoms with Crippen molar-refractivity contribution in [1.82, 2.24) is 0 Å². The van der Waals surface area contributed by atoms with E-state index in [0.29, 0.717) is 15.0 Å². The average Bonchev–Trinajstić information content (AvgIpc) is 2.43. The van der Waals surface area contributed by atoms with Crippen LogP contribution in [0.4, 0.5) is 0 Å². The van der Waals surface area contributed by atoms with Crippen LogP contribution in [0.25, 0.3) is 0 Å². The van der Waals surface area contributed by atoms with Gasteiger partial charge in [-0.2, -0.15) is 0 Å². The molecule has 0 aliphatic rings. The molecule has 0 amide bonds. The van der Waals surface area contributed by atoms with Gasteiger partial charge in [0, 0.05) is 0 Å². The van der Waals surface area contributed by atoms with Gasteiger partial charge in [0.2, 0.25) is 0 Å². The first-order chi connectivity index (χ1) is 9.41. The molecular weight excluding hydrogens is 303 g/mol. The molecule has 0 bridgehead atoms. The SMILES string of the molecule is CCCCCCCOC[Se]COCCCCCCC. The first-order valence-electron chi connectivity index (χ1n) is 8.15. The van der Waals surface area contributed by atoms with Gasteiger partial charge in [0.1, 0.15) is 0 Å². The van der Waals surface area contributed by atoms with Crippen molar-refractivity contribution in [2.75, 3.05) is 24.2 Å². The van der Waals surface area contributed by atoms with E-state index in [2.05, 4.69) is 13.8 Å². The van der Waals surface area contributed by atoms with Crippen molar-refractivity contribution >= 4 is 15.0 Å². The molecule has 0 saturated heterocycles. The summed E-state index contributed by atoms with van der Waals surface area (Å²) in [5, 5.41) is 0. The molecule has 19 heavy (non-hydrogen) atoms. The Morgan fingerprint density at radius 2 is 1.00 bits per heavy atom. The molecule has 0 fully saturated rings. The van der Waals surface area contributed by atoms with Crippen LogP contribution in [0.2, 0.25) is 0 Å². The van der Waals surface area contributed by atoms with E-state index in [1.165, 1.54) is 64.2 Å². The van der Waals surface area contributed by atoms with Gasteiger partial charge in [0.05, 0.1) is 0 Å². The molecule has 0 saturated carbocycles. The van der Waals surface area contributed by atoms with Gasteiger partial charge in [-0.1, -0.05) is 0 Å². The van der Waals surface area contributed by atoms with Gasteiger partial charge in [0.15, 0.2) is 0 Å². The van der Waals surface area contributed by atoms with E-state index < -0.39 is 0 Å². The minimum absolute atomic E-state index is 0.521. The second kappa shape index (κ2) is 18.4. The Morgan fingerprint density at radius 3 is 1.42 bits per heavy atom. The van der Waals surface area contributed by atoms with Crippen molar-refractivity contribution in [3.05, 3.63) is 0 Å². The van der Waals surface area contributed by atoms with Crippen LogP contribution < -0.4 is 0 Å². The van der Waals surface area contributed by atoms with Gasteiger partial charge >= 0.3 is 127 Å². The minimum atomic E-state index is 0.521. The van der Waals surface area contributed by atoms with Crippen molar-refractivity contribution in [3.8, 4) is 0 Å². The molecule has 0 atom stereocenters. The molecule has 2 nitrogen and oxygen atoms in total. The number of ether oxygens (including phenoxy) is 2. The first-order valence-corrected chi connectivity index (χ1v) is 10.6. The van der Waals surface area contributed by atoms with Crippen LogP contribution in [-0.2, 0) is 9.47 Å². The van der Waals surface area contributed by atoms with Crippen molar-refractivity contribution in [2.24, 2.45) is 0 Å². The van der Waals surface area contributed by atoms with Crippen LogP contribution >= 0.6 is 0 Å². The Morgan fingerprint density at radius 1 is 0.579 bits per heavy atom. The first kappa shape index (κ1) is 19.4. The van der Waals surface area contributed by atoms with Gasteiger partial charge in [-0.3, -0.25) is 0 Å². The summed E-state index contributed by atoms with van der Waals surface area (Å²) in [6.07, 6.45) is 13.2. The molecule has 0 radical (unpaired) electrons. The summed E-state index contributed by atoms with van der Waals surface area (Å²) in [6, 6.07) is 0. The van der Waals surface area contributed by atoms with E-state index in [-0.39, 0.29) is 0 Å². The Kier molecular flexibility index (Phi) is 18.9. The molecular formula is C16H34O2Se. The van der Waals surface area contributed by atoms with Gasteiger partial charge in [-0.25, -0.2) is 0 Å². The third-order valence-electron chi connectivity index (χ3n) is 3.12. The van der Waals surface area contributed by atoms with Gasteiger partial charge in [-0.05, 0) is 0 Å². The Balaban J connectivity index is 2.88. The standard InChI is InChI=1S/C16H34O2Se/c1-3-5-7-9-11-13-17-15-19-16-18-14-12-10-8-6-4-2/h3-16H2,1-2H3. The third kappa shape index (κ3) is 18.4. The van der Waals surface area contributed by atoms with Crippen molar-refractivity contribution < 1.29 is 9.47 Å². The molecule has 0 spiro atoms. The number of hydrogen-bond acceptors (Lipinski definition) is 2. The predicted octanol–water partition coefficient (Wildman–Crippen LogP) is 4.58. The summed E-state index contributed by atoms with van der Waals surface area (Å²) in [4.78, 5) is 0. The van der Waals surface area contributed by atoms with E-state index in [1.54, 1.807) is 0 Å². The Labute approximate surface area is 127 Å². The monoisotopic (exact) mass is 338 g/mol. The van der Waals surface area contributed by atoms with Crippen LogP contribution in [0.3, 0.4) is 0 Å². The zero-order valence-corrected chi connectivity index (χ0v) is 14.8. The van der Waals surface area contributed by atoms with Crippen molar-refractivity contribution in [2.45, 2.75) is 78.1 Å². The zero-order valence-electron chi connectivity index (χ0n) is 13.1. The van der Waals surface area contributed by atoms with Crippen LogP contribution in [0.15, 0.2) is 0 Å². The van der Waals surface area contributed by atoms with Crippen LogP contribution in [-0.4, -0.2) is 39.2 Å². The average molecular weight is 337 g/mol.